The van der Waals surface area contributed by atoms with Crippen LogP contribution in [0.25, 0.3) is 0 Å². The lowest BCUT2D eigenvalue weighted by Gasteiger charge is -2.72. The Bertz CT molecular complexity index is 1680. The van der Waals surface area contributed by atoms with Crippen molar-refractivity contribution in [3.8, 4) is 0 Å². The molecule has 312 valence electrons. The maximum atomic E-state index is 14.3. The number of aliphatic hydroxyl groups excluding tert-OH is 1. The number of aliphatic hydroxyl groups is 1. The summed E-state index contributed by atoms with van der Waals surface area (Å²) in [4.78, 5) is 43.8. The Hall–Kier alpha value is -2.55. The summed E-state index contributed by atoms with van der Waals surface area (Å²) in [5, 5.41) is 22.3. The van der Waals surface area contributed by atoms with Gasteiger partial charge in [0.15, 0.2) is 5.78 Å². The van der Waals surface area contributed by atoms with E-state index in [0.717, 1.165) is 76.6 Å². The monoisotopic (exact) mass is 775 g/mol. The van der Waals surface area contributed by atoms with Crippen LogP contribution < -0.4 is 0 Å². The molecular weight excluding hydrogens is 701 g/mol. The van der Waals surface area contributed by atoms with E-state index in [1.165, 1.54) is 11.1 Å². The Morgan fingerprint density at radius 3 is 2.20 bits per heavy atom. The molecule has 0 bridgehead atoms. The third kappa shape index (κ3) is 7.14. The highest BCUT2D eigenvalue weighted by Crippen LogP contribution is 2.77. The molecule has 1 aromatic carbocycles. The molecule has 5 aliphatic rings. The minimum absolute atomic E-state index is 0.0161. The van der Waals surface area contributed by atoms with E-state index in [1.807, 2.05) is 6.07 Å². The first-order valence-corrected chi connectivity index (χ1v) is 21.8. The largest absolute Gasteiger partial charge is 0.481 e. The molecule has 8 nitrogen and oxygen atoms in total. The second-order valence-corrected chi connectivity index (χ2v) is 21.6. The topological polar surface area (TPSA) is 107 Å². The number of benzene rings is 1. The number of nitrogens with zero attached hydrogens (tertiary/aromatic N) is 2. The summed E-state index contributed by atoms with van der Waals surface area (Å²) in [6.45, 7) is 22.8. The molecule has 1 unspecified atom stereocenters. The highest BCUT2D eigenvalue weighted by molar-refractivity contribution is 6.00. The van der Waals surface area contributed by atoms with Crippen LogP contribution in [0.15, 0.2) is 41.5 Å². The van der Waals surface area contributed by atoms with Gasteiger partial charge in [0.05, 0.1) is 17.9 Å². The smallest absolute Gasteiger partial charge is 0.309 e. The van der Waals surface area contributed by atoms with Crippen LogP contribution in [0.1, 0.15) is 132 Å². The van der Waals surface area contributed by atoms with Crippen molar-refractivity contribution in [3.63, 3.8) is 0 Å². The predicted octanol–water partition coefficient (Wildman–Crippen LogP) is 8.80. The number of ketones is 1. The number of hydrogen-bond acceptors (Lipinski definition) is 7. The number of fused-ring (bicyclic) bond motifs is 7. The van der Waals surface area contributed by atoms with Gasteiger partial charge in [-0.15, -0.1) is 0 Å². The van der Waals surface area contributed by atoms with E-state index in [9.17, 15) is 24.6 Å². The second-order valence-electron chi connectivity index (χ2n) is 21.6. The molecule has 2 N–H and O–H groups in total. The van der Waals surface area contributed by atoms with Crippen LogP contribution in [0.3, 0.4) is 0 Å². The first kappa shape index (κ1) is 43.0. The lowest BCUT2D eigenvalue weighted by atomic mass is 9.33. The van der Waals surface area contributed by atoms with E-state index < -0.39 is 28.9 Å². The molecule has 0 aliphatic heterocycles. The zero-order valence-corrected chi connectivity index (χ0v) is 36.7. The van der Waals surface area contributed by atoms with Gasteiger partial charge in [0, 0.05) is 43.4 Å². The van der Waals surface area contributed by atoms with Gasteiger partial charge in [0.1, 0.15) is 6.10 Å². The fraction of sp³-hybridized carbons (Fsp3) is 0.771. The Kier molecular flexibility index (Phi) is 11.7. The molecule has 1 aromatic rings. The van der Waals surface area contributed by atoms with E-state index in [0.29, 0.717) is 24.8 Å². The molecule has 0 saturated heterocycles. The normalized spacial score (nSPS) is 35.9. The maximum Gasteiger partial charge on any atom is 0.309 e. The first-order chi connectivity index (χ1) is 26.0. The molecule has 0 aromatic heterocycles. The van der Waals surface area contributed by atoms with Gasteiger partial charge < -0.3 is 19.8 Å². The fourth-order valence-electron chi connectivity index (χ4n) is 13.7. The third-order valence-corrected chi connectivity index (χ3v) is 17.0. The standard InChI is InChI=1S/C48H74N2O6/c1-31(2)40-34(51)27-48(37(52)30-50(26-25-49(10)11)29-32-15-13-12-14-16-32)24-23-46(8)33(41(40)48)17-18-36-45(7)21-20-38(56-39(53)28-43(3,4)42(54)55)44(5,6)35(45)19-22-47(36,46)9/h12-16,31,33,35-38,52H,17-30H2,1-11H3,(H,54,55)/t33-,35?,36-,37-,38+,45+,46-,47-,48+/m1/s1. The summed E-state index contributed by atoms with van der Waals surface area (Å²) in [5.74, 6) is 0.0748. The summed E-state index contributed by atoms with van der Waals surface area (Å²) in [6.07, 6.45) is 7.28. The molecular formula is C48H74N2O6. The number of aliphatic carboxylic acids is 1. The number of carbonyl (C=O) groups excluding carboxylic acids is 2. The van der Waals surface area contributed by atoms with Gasteiger partial charge in [0.25, 0.3) is 0 Å². The second kappa shape index (κ2) is 15.2. The third-order valence-electron chi connectivity index (χ3n) is 17.0. The lowest BCUT2D eigenvalue weighted by molar-refractivity contribution is -0.235. The summed E-state index contributed by atoms with van der Waals surface area (Å²) in [5.41, 5.74) is 1.72. The quantitative estimate of drug-likeness (QED) is 0.192. The Labute approximate surface area is 338 Å². The average molecular weight is 775 g/mol. The van der Waals surface area contributed by atoms with Crippen LogP contribution in [0, 0.1) is 56.2 Å². The number of esters is 1. The van der Waals surface area contributed by atoms with E-state index in [2.05, 4.69) is 96.6 Å². The minimum Gasteiger partial charge on any atom is -0.481 e. The van der Waals surface area contributed by atoms with Gasteiger partial charge >= 0.3 is 11.9 Å². The SMILES string of the molecule is CC(C)C1=C2[C@H]3CC[C@@H]4[C@@]5(C)CC[C@H](OC(=O)CC(C)(C)C(=O)O)C(C)(C)C5CC[C@@]4(C)[C@]3(C)CC[C@@]2([C@H](O)CN(CCN(C)C)Cc2ccccc2)CC1=O. The van der Waals surface area contributed by atoms with Crippen molar-refractivity contribution < 1.29 is 29.3 Å². The molecule has 4 fully saturated rings. The van der Waals surface area contributed by atoms with Crippen molar-refractivity contribution in [2.75, 3.05) is 33.7 Å². The zero-order chi connectivity index (χ0) is 41.2. The highest BCUT2D eigenvalue weighted by atomic mass is 16.5. The Morgan fingerprint density at radius 1 is 0.893 bits per heavy atom. The number of hydrogen-bond donors (Lipinski definition) is 2. The Balaban J connectivity index is 1.29. The van der Waals surface area contributed by atoms with Crippen LogP contribution in [0.4, 0.5) is 0 Å². The molecule has 0 radical (unpaired) electrons. The van der Waals surface area contributed by atoms with Crippen molar-refractivity contribution in [3.05, 3.63) is 47.0 Å². The maximum absolute atomic E-state index is 14.3. The van der Waals surface area contributed by atoms with Crippen LogP contribution in [-0.2, 0) is 25.7 Å². The van der Waals surface area contributed by atoms with Gasteiger partial charge in [0.2, 0.25) is 0 Å². The number of carboxylic acids is 1. The summed E-state index contributed by atoms with van der Waals surface area (Å²) < 4.78 is 6.20. The van der Waals surface area contributed by atoms with Gasteiger partial charge in [-0.3, -0.25) is 19.3 Å². The molecule has 8 heteroatoms. The van der Waals surface area contributed by atoms with Crippen molar-refractivity contribution in [2.24, 2.45) is 56.2 Å². The van der Waals surface area contributed by atoms with Gasteiger partial charge in [-0.25, -0.2) is 0 Å². The summed E-state index contributed by atoms with van der Waals surface area (Å²) in [6, 6.07) is 10.5. The van der Waals surface area contributed by atoms with Gasteiger partial charge in [-0.05, 0) is 130 Å². The molecule has 6 rings (SSSR count). The van der Waals surface area contributed by atoms with Crippen LogP contribution in [-0.4, -0.2) is 83.7 Å². The molecule has 0 amide bonds. The average Bonchev–Trinajstić information content (AvgIpc) is 3.42. The van der Waals surface area contributed by atoms with Crippen LogP contribution >= 0.6 is 0 Å². The number of ether oxygens (including phenoxy) is 1. The summed E-state index contributed by atoms with van der Waals surface area (Å²) >= 11 is 0. The van der Waals surface area contributed by atoms with E-state index in [4.69, 9.17) is 4.74 Å². The highest BCUT2D eigenvalue weighted by Gasteiger charge is 2.71. The van der Waals surface area contributed by atoms with E-state index >= 15 is 0 Å². The number of Topliss-reactive ketones (excluding diaryl/α,β-unsaturated/α-hetero) is 1. The predicted molar refractivity (Wildman–Crippen MR) is 222 cm³/mol. The van der Waals surface area contributed by atoms with E-state index in [1.54, 1.807) is 13.8 Å². The van der Waals surface area contributed by atoms with Crippen LogP contribution in [0.5, 0.6) is 0 Å². The fourth-order valence-corrected chi connectivity index (χ4v) is 13.7. The van der Waals surface area contributed by atoms with Crippen molar-refractivity contribution in [2.45, 2.75) is 145 Å². The Morgan fingerprint density at radius 2 is 1.57 bits per heavy atom. The molecule has 0 heterocycles. The van der Waals surface area contributed by atoms with Crippen molar-refractivity contribution in [1.29, 1.82) is 0 Å². The number of carbonyl (C=O) groups is 3. The summed E-state index contributed by atoms with van der Waals surface area (Å²) in [7, 11) is 4.20. The van der Waals surface area contributed by atoms with Gasteiger partial charge in [-0.2, -0.15) is 0 Å². The van der Waals surface area contributed by atoms with Gasteiger partial charge in [-0.1, -0.05) is 84.4 Å². The number of carboxylic acid groups (broad SMARTS) is 1. The molecule has 4 saturated carbocycles. The number of rotatable bonds is 13. The zero-order valence-electron chi connectivity index (χ0n) is 36.7. The van der Waals surface area contributed by atoms with Crippen molar-refractivity contribution >= 4 is 17.7 Å². The first-order valence-electron chi connectivity index (χ1n) is 21.8. The van der Waals surface area contributed by atoms with E-state index in [-0.39, 0.29) is 51.8 Å². The molecule has 9 atom stereocenters. The molecule has 56 heavy (non-hydrogen) atoms. The molecule has 5 aliphatic carbocycles. The number of allylic oxidation sites excluding steroid dienone is 1. The molecule has 0 spiro atoms. The van der Waals surface area contributed by atoms with Crippen molar-refractivity contribution in [1.82, 2.24) is 9.80 Å². The lowest BCUT2D eigenvalue weighted by Crippen LogP contribution is -2.66. The minimum atomic E-state index is -1.17. The van der Waals surface area contributed by atoms with Crippen LogP contribution in [0.2, 0.25) is 0 Å². The number of likely N-dealkylation sites (N-methyl/N-ethyl adjacent to an activating group) is 1.